The number of hydrogen-bond acceptors (Lipinski definition) is 2. The molecule has 0 saturated heterocycles. The molecule has 86 valence electrons. The minimum atomic E-state index is 0.0887. The predicted molar refractivity (Wildman–Crippen MR) is 65.1 cm³/mol. The highest BCUT2D eigenvalue weighted by Gasteiger charge is 2.08. The van der Waals surface area contributed by atoms with Crippen molar-refractivity contribution in [3.8, 4) is 0 Å². The molecule has 16 heavy (non-hydrogen) atoms. The Morgan fingerprint density at radius 3 is 2.94 bits per heavy atom. The second-order valence-electron chi connectivity index (χ2n) is 3.92. The van der Waals surface area contributed by atoms with Gasteiger partial charge in [-0.3, -0.25) is 4.79 Å². The van der Waals surface area contributed by atoms with E-state index in [-0.39, 0.29) is 5.78 Å². The zero-order chi connectivity index (χ0) is 11.8. The molecule has 0 atom stereocenters. The van der Waals surface area contributed by atoms with Crippen LogP contribution < -0.4 is 0 Å². The summed E-state index contributed by atoms with van der Waals surface area (Å²) in [4.78, 5) is 21.9. The first-order chi connectivity index (χ1) is 7.77. The molecule has 2 nitrogen and oxygen atoms in total. The van der Waals surface area contributed by atoms with Crippen molar-refractivity contribution in [2.45, 2.75) is 39.0 Å². The Morgan fingerprint density at radius 2 is 2.25 bits per heavy atom. The lowest BCUT2D eigenvalue weighted by molar-refractivity contribution is -0.117. The van der Waals surface area contributed by atoms with Crippen molar-refractivity contribution in [1.29, 1.82) is 0 Å². The third-order valence-corrected chi connectivity index (χ3v) is 2.55. The predicted octanol–water partition coefficient (Wildman–Crippen LogP) is 3.15. The van der Waals surface area contributed by atoms with E-state index in [9.17, 15) is 9.59 Å². The zero-order valence-corrected chi connectivity index (χ0v) is 9.74. The highest BCUT2D eigenvalue weighted by atomic mass is 16.1. The van der Waals surface area contributed by atoms with Gasteiger partial charge >= 0.3 is 0 Å². The van der Waals surface area contributed by atoms with Crippen molar-refractivity contribution in [3.05, 3.63) is 35.5 Å². The standard InChI is InChI=1S/C14H18O2/c1-2-5-12-6-3-7-13(10-9-12)14(16)8-4-11-15/h3,6,9-11H,2,4-5,7-8H2,1H3. The number of Topliss-reactive ketones (excluding diaryl/α,β-unsaturated/α-hetero) is 1. The maximum atomic E-state index is 11.7. The summed E-state index contributed by atoms with van der Waals surface area (Å²) in [5, 5.41) is 0. The van der Waals surface area contributed by atoms with E-state index in [1.165, 1.54) is 5.57 Å². The summed E-state index contributed by atoms with van der Waals surface area (Å²) in [6.07, 6.45) is 12.3. The monoisotopic (exact) mass is 218 g/mol. The van der Waals surface area contributed by atoms with Crippen molar-refractivity contribution in [1.82, 2.24) is 0 Å². The number of hydrogen-bond donors (Lipinski definition) is 0. The summed E-state index contributed by atoms with van der Waals surface area (Å²) in [5.74, 6) is 0.0887. The van der Waals surface area contributed by atoms with E-state index < -0.39 is 0 Å². The third kappa shape index (κ3) is 3.97. The number of ketones is 1. The van der Waals surface area contributed by atoms with Crippen LogP contribution in [0.2, 0.25) is 0 Å². The van der Waals surface area contributed by atoms with Gasteiger partial charge in [0.1, 0.15) is 6.29 Å². The molecule has 0 unspecified atom stereocenters. The average molecular weight is 218 g/mol. The topological polar surface area (TPSA) is 34.1 Å². The number of allylic oxidation sites excluding steroid dienone is 6. The van der Waals surface area contributed by atoms with E-state index in [4.69, 9.17) is 0 Å². The number of carbonyl (C=O) groups is 2. The summed E-state index contributed by atoms with van der Waals surface area (Å²) in [5.41, 5.74) is 2.07. The van der Waals surface area contributed by atoms with Gasteiger partial charge in [0.25, 0.3) is 0 Å². The van der Waals surface area contributed by atoms with Gasteiger partial charge in [0.2, 0.25) is 0 Å². The molecule has 0 fully saturated rings. The Bertz CT molecular complexity index is 346. The van der Waals surface area contributed by atoms with Crippen LogP contribution in [-0.4, -0.2) is 12.1 Å². The molecule has 1 aliphatic rings. The highest BCUT2D eigenvalue weighted by molar-refractivity contribution is 5.96. The fourth-order valence-electron chi connectivity index (χ4n) is 1.68. The number of carbonyl (C=O) groups excluding carboxylic acids is 2. The van der Waals surface area contributed by atoms with Gasteiger partial charge in [-0.2, -0.15) is 0 Å². The van der Waals surface area contributed by atoms with Crippen LogP contribution in [0.25, 0.3) is 0 Å². The minimum Gasteiger partial charge on any atom is -0.303 e. The quantitative estimate of drug-likeness (QED) is 0.642. The maximum absolute atomic E-state index is 11.7. The molecule has 0 amide bonds. The minimum absolute atomic E-state index is 0.0887. The molecule has 0 heterocycles. The van der Waals surface area contributed by atoms with Crippen LogP contribution >= 0.6 is 0 Å². The first kappa shape index (κ1) is 12.6. The summed E-state index contributed by atoms with van der Waals surface area (Å²) >= 11 is 0. The van der Waals surface area contributed by atoms with Gasteiger partial charge in [0.05, 0.1) is 0 Å². The van der Waals surface area contributed by atoms with Crippen LogP contribution in [0.15, 0.2) is 35.5 Å². The highest BCUT2D eigenvalue weighted by Crippen LogP contribution is 2.16. The first-order valence-corrected chi connectivity index (χ1v) is 5.81. The Balaban J connectivity index is 2.65. The Hall–Kier alpha value is -1.44. The molecule has 0 aromatic heterocycles. The van der Waals surface area contributed by atoms with Crippen molar-refractivity contribution >= 4 is 12.1 Å². The lowest BCUT2D eigenvalue weighted by Gasteiger charge is -1.99. The second-order valence-corrected chi connectivity index (χ2v) is 3.92. The van der Waals surface area contributed by atoms with Crippen molar-refractivity contribution in [2.75, 3.05) is 0 Å². The fraction of sp³-hybridized carbons (Fsp3) is 0.429. The van der Waals surface area contributed by atoms with Crippen molar-refractivity contribution in [3.63, 3.8) is 0 Å². The Morgan fingerprint density at radius 1 is 1.44 bits per heavy atom. The Kier molecular flexibility index (Phi) is 5.48. The molecular formula is C14H18O2. The van der Waals surface area contributed by atoms with Gasteiger partial charge in [-0.05, 0) is 24.0 Å². The van der Waals surface area contributed by atoms with E-state index in [0.29, 0.717) is 19.3 Å². The summed E-state index contributed by atoms with van der Waals surface area (Å²) in [6.45, 7) is 2.14. The second kappa shape index (κ2) is 6.94. The van der Waals surface area contributed by atoms with Gasteiger partial charge in [-0.25, -0.2) is 0 Å². The van der Waals surface area contributed by atoms with Crippen molar-refractivity contribution in [2.24, 2.45) is 0 Å². The van der Waals surface area contributed by atoms with Crippen LogP contribution in [0, 0.1) is 0 Å². The average Bonchev–Trinajstić information content (AvgIpc) is 2.52. The smallest absolute Gasteiger partial charge is 0.159 e. The first-order valence-electron chi connectivity index (χ1n) is 5.81. The lowest BCUT2D eigenvalue weighted by atomic mass is 10.0. The van der Waals surface area contributed by atoms with E-state index >= 15 is 0 Å². The normalized spacial score (nSPS) is 15.1. The van der Waals surface area contributed by atoms with Gasteiger partial charge < -0.3 is 4.79 Å². The molecule has 0 aliphatic heterocycles. The Labute approximate surface area is 96.7 Å². The molecule has 0 bridgehead atoms. The fourth-order valence-corrected chi connectivity index (χ4v) is 1.68. The SMILES string of the molecule is CCCC1=CC=C(C(=O)CCC=O)CC=C1. The van der Waals surface area contributed by atoms with E-state index in [1.807, 2.05) is 18.2 Å². The van der Waals surface area contributed by atoms with Crippen LogP contribution in [-0.2, 0) is 9.59 Å². The molecule has 0 aromatic carbocycles. The van der Waals surface area contributed by atoms with E-state index in [1.54, 1.807) is 0 Å². The molecule has 0 aromatic rings. The van der Waals surface area contributed by atoms with Crippen LogP contribution in [0.3, 0.4) is 0 Å². The molecule has 1 aliphatic carbocycles. The van der Waals surface area contributed by atoms with Gasteiger partial charge in [-0.15, -0.1) is 0 Å². The largest absolute Gasteiger partial charge is 0.303 e. The van der Waals surface area contributed by atoms with Gasteiger partial charge in [0, 0.05) is 12.8 Å². The van der Waals surface area contributed by atoms with Gasteiger partial charge in [0.15, 0.2) is 5.78 Å². The van der Waals surface area contributed by atoms with Gasteiger partial charge in [-0.1, -0.05) is 37.6 Å². The number of aldehydes is 1. The van der Waals surface area contributed by atoms with Crippen LogP contribution in [0.4, 0.5) is 0 Å². The number of rotatable bonds is 6. The van der Waals surface area contributed by atoms with E-state index in [0.717, 1.165) is 24.7 Å². The van der Waals surface area contributed by atoms with Crippen LogP contribution in [0.5, 0.6) is 0 Å². The zero-order valence-electron chi connectivity index (χ0n) is 9.74. The lowest BCUT2D eigenvalue weighted by Crippen LogP contribution is -2.01. The molecule has 1 rings (SSSR count). The summed E-state index contributed by atoms with van der Waals surface area (Å²) in [7, 11) is 0. The molecular weight excluding hydrogens is 200 g/mol. The maximum Gasteiger partial charge on any atom is 0.159 e. The third-order valence-electron chi connectivity index (χ3n) is 2.55. The molecule has 0 saturated carbocycles. The molecule has 0 radical (unpaired) electrons. The van der Waals surface area contributed by atoms with E-state index in [2.05, 4.69) is 13.0 Å². The van der Waals surface area contributed by atoms with Crippen LogP contribution in [0.1, 0.15) is 39.0 Å². The molecule has 2 heteroatoms. The molecule has 0 spiro atoms. The molecule has 0 N–H and O–H groups in total. The summed E-state index contributed by atoms with van der Waals surface area (Å²) < 4.78 is 0. The summed E-state index contributed by atoms with van der Waals surface area (Å²) in [6, 6.07) is 0. The van der Waals surface area contributed by atoms with Crippen molar-refractivity contribution < 1.29 is 9.59 Å².